The van der Waals surface area contributed by atoms with Gasteiger partial charge in [0.2, 0.25) is 0 Å². The largest absolute Gasteiger partial charge is 0.504 e. The van der Waals surface area contributed by atoms with Crippen molar-refractivity contribution >= 4 is 55.0 Å². The number of benzene rings is 3. The Morgan fingerprint density at radius 3 is 2.18 bits per heavy atom. The smallest absolute Gasteiger partial charge is 0.270 e. The molecule has 0 atom stereocenters. The molecule has 144 valence electrons. The predicted octanol–water partition coefficient (Wildman–Crippen LogP) is 4.16. The highest BCUT2D eigenvalue weighted by Gasteiger charge is 2.29. The molecule has 0 amide bonds. The van der Waals surface area contributed by atoms with Crippen molar-refractivity contribution in [2.45, 2.75) is 4.90 Å². The molecular weight excluding hydrogens is 429 g/mol. The van der Waals surface area contributed by atoms with Gasteiger partial charge in [0.15, 0.2) is 23.0 Å². The summed E-state index contributed by atoms with van der Waals surface area (Å²) in [7, 11) is -4.43. The maximum Gasteiger partial charge on any atom is 0.270 e. The summed E-state index contributed by atoms with van der Waals surface area (Å²) < 4.78 is 27.6. The van der Waals surface area contributed by atoms with E-state index in [9.17, 15) is 28.8 Å². The van der Waals surface area contributed by atoms with Crippen molar-refractivity contribution in [3.05, 3.63) is 52.5 Å². The molecule has 0 aliphatic rings. The average Bonchev–Trinajstić information content (AvgIpc) is 2.95. The van der Waals surface area contributed by atoms with Crippen molar-refractivity contribution in [2.75, 3.05) is 0 Å². The van der Waals surface area contributed by atoms with Crippen molar-refractivity contribution in [2.24, 2.45) is 0 Å². The zero-order valence-corrected chi connectivity index (χ0v) is 16.1. The van der Waals surface area contributed by atoms with Crippen LogP contribution in [0, 0.1) is 0 Å². The first kappa shape index (κ1) is 18.5. The maximum absolute atomic E-state index is 13.4. The predicted molar refractivity (Wildman–Crippen MR) is 105 cm³/mol. The molecule has 0 aliphatic heterocycles. The molecule has 0 bridgehead atoms. The van der Waals surface area contributed by atoms with Crippen LogP contribution in [0.25, 0.3) is 21.8 Å². The minimum Gasteiger partial charge on any atom is -0.504 e. The summed E-state index contributed by atoms with van der Waals surface area (Å²) in [6.45, 7) is 0. The Kier molecular flexibility index (Phi) is 4.04. The molecule has 0 spiro atoms. The van der Waals surface area contributed by atoms with Gasteiger partial charge >= 0.3 is 0 Å². The third-order valence-electron chi connectivity index (χ3n) is 4.35. The molecule has 0 saturated heterocycles. The number of fused-ring (bicyclic) bond motifs is 3. The van der Waals surface area contributed by atoms with Crippen LogP contribution >= 0.6 is 23.2 Å². The molecule has 4 aromatic rings. The van der Waals surface area contributed by atoms with E-state index >= 15 is 0 Å². The molecule has 4 rings (SSSR count). The summed E-state index contributed by atoms with van der Waals surface area (Å²) in [5.74, 6) is -2.27. The lowest BCUT2D eigenvalue weighted by atomic mass is 10.1. The monoisotopic (exact) mass is 439 g/mol. The number of nitrogens with zero attached hydrogens (tertiary/aromatic N) is 1. The third kappa shape index (κ3) is 2.53. The van der Waals surface area contributed by atoms with Crippen LogP contribution < -0.4 is 0 Å². The number of phenolic OH excluding ortho intramolecular Hbond substituents is 4. The zero-order valence-electron chi connectivity index (χ0n) is 13.8. The second kappa shape index (κ2) is 6.10. The van der Waals surface area contributed by atoms with E-state index in [4.69, 9.17) is 23.2 Å². The minimum atomic E-state index is -4.43. The van der Waals surface area contributed by atoms with Crippen LogP contribution in [0.3, 0.4) is 0 Å². The van der Waals surface area contributed by atoms with Crippen LogP contribution in [0.15, 0.2) is 47.4 Å². The number of hydrogen-bond acceptors (Lipinski definition) is 6. The molecule has 0 saturated carbocycles. The molecular formula is C18H11Cl2NO6S. The number of hydrogen-bond donors (Lipinski definition) is 4. The van der Waals surface area contributed by atoms with Gasteiger partial charge in [0.05, 0.1) is 10.5 Å². The third-order valence-corrected chi connectivity index (χ3v) is 6.78. The van der Waals surface area contributed by atoms with Gasteiger partial charge in [-0.05, 0) is 36.4 Å². The number of aromatic nitrogens is 1. The quantitative estimate of drug-likeness (QED) is 0.348. The summed E-state index contributed by atoms with van der Waals surface area (Å²) in [5, 5.41) is 40.5. The van der Waals surface area contributed by atoms with Crippen molar-refractivity contribution in [1.82, 2.24) is 3.97 Å². The standard InChI is InChI=1S/C18H11Cl2NO6S/c19-8-1-3-11(20)16(5-8)28(26,27)21-12-7-15(24)14(23)6-10(12)9-2-4-13(22)18(25)17(9)21/h1-7,22-25H. The fourth-order valence-corrected chi connectivity index (χ4v) is 5.35. The van der Waals surface area contributed by atoms with E-state index in [1.807, 2.05) is 0 Å². The number of phenols is 4. The van der Waals surface area contributed by atoms with Gasteiger partial charge in [0, 0.05) is 21.9 Å². The van der Waals surface area contributed by atoms with Gasteiger partial charge in [-0.15, -0.1) is 0 Å². The summed E-state index contributed by atoms with van der Waals surface area (Å²) in [4.78, 5) is -0.337. The van der Waals surface area contributed by atoms with Crippen LogP contribution in [-0.2, 0) is 10.0 Å². The van der Waals surface area contributed by atoms with E-state index in [1.165, 1.54) is 24.3 Å². The minimum absolute atomic E-state index is 0.0396. The van der Waals surface area contributed by atoms with E-state index in [2.05, 4.69) is 0 Å². The van der Waals surface area contributed by atoms with Gasteiger partial charge < -0.3 is 20.4 Å². The summed E-state index contributed by atoms with van der Waals surface area (Å²) in [5.41, 5.74) is -0.279. The topological polar surface area (TPSA) is 120 Å². The zero-order chi connectivity index (χ0) is 20.4. The van der Waals surface area contributed by atoms with Gasteiger partial charge in [-0.25, -0.2) is 12.4 Å². The van der Waals surface area contributed by atoms with Crippen molar-refractivity contribution in [1.29, 1.82) is 0 Å². The highest BCUT2D eigenvalue weighted by Crippen LogP contribution is 2.44. The summed E-state index contributed by atoms with van der Waals surface area (Å²) in [6, 6.07) is 8.65. The molecule has 0 fully saturated rings. The highest BCUT2D eigenvalue weighted by atomic mass is 35.5. The Morgan fingerprint density at radius 1 is 0.786 bits per heavy atom. The van der Waals surface area contributed by atoms with Crippen molar-refractivity contribution < 1.29 is 28.8 Å². The van der Waals surface area contributed by atoms with E-state index < -0.39 is 33.0 Å². The van der Waals surface area contributed by atoms with E-state index in [1.54, 1.807) is 0 Å². The lowest BCUT2D eigenvalue weighted by Gasteiger charge is -2.12. The van der Waals surface area contributed by atoms with Gasteiger partial charge in [-0.3, -0.25) is 0 Å². The first-order valence-corrected chi connectivity index (χ1v) is 9.94. The van der Waals surface area contributed by atoms with Crippen LogP contribution in [0.1, 0.15) is 0 Å². The molecule has 0 aliphatic carbocycles. The van der Waals surface area contributed by atoms with Crippen LogP contribution in [-0.4, -0.2) is 32.8 Å². The molecule has 1 heterocycles. The Labute approximate surface area is 168 Å². The molecule has 28 heavy (non-hydrogen) atoms. The molecule has 4 N–H and O–H groups in total. The maximum atomic E-state index is 13.4. The fourth-order valence-electron chi connectivity index (χ4n) is 3.08. The average molecular weight is 440 g/mol. The molecule has 3 aromatic carbocycles. The summed E-state index contributed by atoms with van der Waals surface area (Å²) >= 11 is 12.0. The van der Waals surface area contributed by atoms with Gasteiger partial charge in [0.25, 0.3) is 10.0 Å². The second-order valence-corrected chi connectivity index (χ2v) is 8.63. The van der Waals surface area contributed by atoms with Crippen molar-refractivity contribution in [3.8, 4) is 23.0 Å². The lowest BCUT2D eigenvalue weighted by Crippen LogP contribution is -2.13. The molecule has 1 aromatic heterocycles. The van der Waals surface area contributed by atoms with Crippen LogP contribution in [0.4, 0.5) is 0 Å². The molecule has 10 heteroatoms. The van der Waals surface area contributed by atoms with Gasteiger partial charge in [-0.1, -0.05) is 23.2 Å². The second-order valence-electron chi connectivity index (χ2n) is 6.03. The lowest BCUT2D eigenvalue weighted by molar-refractivity contribution is 0.405. The Hall–Kier alpha value is -2.81. The first-order chi connectivity index (χ1) is 13.1. The van der Waals surface area contributed by atoms with E-state index in [0.717, 1.165) is 22.2 Å². The first-order valence-electron chi connectivity index (χ1n) is 7.74. The number of aromatic hydroxyl groups is 4. The Bertz CT molecular complexity index is 1390. The molecule has 0 unspecified atom stereocenters. The van der Waals surface area contributed by atoms with Gasteiger partial charge in [0.1, 0.15) is 10.4 Å². The van der Waals surface area contributed by atoms with E-state index in [-0.39, 0.29) is 36.7 Å². The van der Waals surface area contributed by atoms with Crippen molar-refractivity contribution in [3.63, 3.8) is 0 Å². The van der Waals surface area contributed by atoms with Gasteiger partial charge in [-0.2, -0.15) is 0 Å². The fraction of sp³-hybridized carbons (Fsp3) is 0. The highest BCUT2D eigenvalue weighted by molar-refractivity contribution is 7.90. The molecule has 0 radical (unpaired) electrons. The molecule has 7 nitrogen and oxygen atoms in total. The summed E-state index contributed by atoms with van der Waals surface area (Å²) in [6.07, 6.45) is 0. The Morgan fingerprint density at radius 2 is 1.46 bits per heavy atom. The van der Waals surface area contributed by atoms with Crippen LogP contribution in [0.2, 0.25) is 10.0 Å². The number of rotatable bonds is 2. The SMILES string of the molecule is O=S(=O)(c1cc(Cl)ccc1Cl)n1c2cc(O)c(O)cc2c2ccc(O)c(O)c21. The Balaban J connectivity index is 2.26. The van der Waals surface area contributed by atoms with E-state index in [0.29, 0.717) is 0 Å². The normalized spacial score (nSPS) is 12.1. The van der Waals surface area contributed by atoms with Crippen LogP contribution in [0.5, 0.6) is 23.0 Å². The number of halogens is 2.